The first kappa shape index (κ1) is 22.6. The van der Waals surface area contributed by atoms with Crippen LogP contribution in [-0.2, 0) is 9.53 Å². The molecule has 1 aliphatic rings. The number of nitrogens with zero attached hydrogens (tertiary/aromatic N) is 3. The summed E-state index contributed by atoms with van der Waals surface area (Å²) in [5.41, 5.74) is 3.55. The van der Waals surface area contributed by atoms with Gasteiger partial charge in [-0.15, -0.1) is 11.8 Å². The van der Waals surface area contributed by atoms with Crippen LogP contribution in [0.25, 0.3) is 0 Å². The number of morpholine rings is 1. The molecule has 4 rings (SSSR count). The Morgan fingerprint density at radius 3 is 2.58 bits per heavy atom. The van der Waals surface area contributed by atoms with E-state index in [4.69, 9.17) is 4.74 Å². The summed E-state index contributed by atoms with van der Waals surface area (Å²) < 4.78 is 5.42. The number of ether oxygens (including phenoxy) is 1. The molecule has 1 amide bonds. The van der Waals surface area contributed by atoms with Gasteiger partial charge in [0.1, 0.15) is 5.82 Å². The summed E-state index contributed by atoms with van der Waals surface area (Å²) in [6.07, 6.45) is 5.00. The van der Waals surface area contributed by atoms with Gasteiger partial charge in [0.2, 0.25) is 11.9 Å². The minimum atomic E-state index is -0.259. The molecule has 1 saturated heterocycles. The molecule has 0 atom stereocenters. The SMILES string of the molecule is C=CC(=O)Nc1cccc(Nc2nc(Nc3ccc(N4CCOCC4)cc3)ncc2SC)c1. The topological polar surface area (TPSA) is 91.4 Å². The highest BCUT2D eigenvalue weighted by Gasteiger charge is 2.12. The first-order valence-corrected chi connectivity index (χ1v) is 11.8. The zero-order valence-electron chi connectivity index (χ0n) is 18.4. The highest BCUT2D eigenvalue weighted by Crippen LogP contribution is 2.29. The van der Waals surface area contributed by atoms with E-state index in [1.807, 2.05) is 42.7 Å². The van der Waals surface area contributed by atoms with Gasteiger partial charge in [-0.05, 0) is 54.8 Å². The van der Waals surface area contributed by atoms with Crippen LogP contribution in [0.3, 0.4) is 0 Å². The maximum atomic E-state index is 11.6. The Bertz CT molecular complexity index is 1120. The van der Waals surface area contributed by atoms with E-state index in [0.29, 0.717) is 17.5 Å². The lowest BCUT2D eigenvalue weighted by Gasteiger charge is -2.28. The smallest absolute Gasteiger partial charge is 0.247 e. The summed E-state index contributed by atoms with van der Waals surface area (Å²) in [5.74, 6) is 0.910. The molecular formula is C24H26N6O2S. The Morgan fingerprint density at radius 1 is 1.09 bits per heavy atom. The molecule has 1 aliphatic heterocycles. The highest BCUT2D eigenvalue weighted by atomic mass is 32.2. The molecule has 0 radical (unpaired) electrons. The highest BCUT2D eigenvalue weighted by molar-refractivity contribution is 7.98. The first-order valence-electron chi connectivity index (χ1n) is 10.6. The predicted octanol–water partition coefficient (Wildman–Crippen LogP) is 4.65. The van der Waals surface area contributed by atoms with Crippen molar-refractivity contribution in [1.29, 1.82) is 0 Å². The van der Waals surface area contributed by atoms with E-state index in [9.17, 15) is 4.79 Å². The van der Waals surface area contributed by atoms with Gasteiger partial charge >= 0.3 is 0 Å². The number of hydrogen-bond donors (Lipinski definition) is 3. The fourth-order valence-corrected chi connectivity index (χ4v) is 3.83. The van der Waals surface area contributed by atoms with Crippen LogP contribution in [0.5, 0.6) is 0 Å². The molecule has 0 aliphatic carbocycles. The number of benzene rings is 2. The second-order valence-corrected chi connectivity index (χ2v) is 8.13. The number of rotatable bonds is 8. The minimum Gasteiger partial charge on any atom is -0.378 e. The largest absolute Gasteiger partial charge is 0.378 e. The average molecular weight is 463 g/mol. The molecule has 1 fully saturated rings. The summed E-state index contributed by atoms with van der Waals surface area (Å²) in [5, 5.41) is 9.36. The van der Waals surface area contributed by atoms with Crippen LogP contribution >= 0.6 is 11.8 Å². The minimum absolute atomic E-state index is 0.259. The van der Waals surface area contributed by atoms with Crippen LogP contribution in [0.4, 0.5) is 34.5 Å². The van der Waals surface area contributed by atoms with E-state index in [2.05, 4.69) is 49.5 Å². The van der Waals surface area contributed by atoms with Gasteiger partial charge in [-0.1, -0.05) is 12.6 Å². The van der Waals surface area contributed by atoms with Crippen LogP contribution in [0, 0.1) is 0 Å². The maximum Gasteiger partial charge on any atom is 0.247 e. The van der Waals surface area contributed by atoms with E-state index >= 15 is 0 Å². The molecule has 1 aromatic heterocycles. The average Bonchev–Trinajstić information content (AvgIpc) is 2.85. The molecule has 9 heteroatoms. The fourth-order valence-electron chi connectivity index (χ4n) is 3.38. The van der Waals surface area contributed by atoms with Crippen molar-refractivity contribution < 1.29 is 9.53 Å². The van der Waals surface area contributed by atoms with Gasteiger partial charge < -0.3 is 25.6 Å². The lowest BCUT2D eigenvalue weighted by Crippen LogP contribution is -2.36. The summed E-state index contributed by atoms with van der Waals surface area (Å²) >= 11 is 1.55. The van der Waals surface area contributed by atoms with Crippen molar-refractivity contribution >= 4 is 52.2 Å². The van der Waals surface area contributed by atoms with E-state index in [1.165, 1.54) is 11.8 Å². The maximum absolute atomic E-state index is 11.6. The number of carbonyl (C=O) groups is 1. The lowest BCUT2D eigenvalue weighted by molar-refractivity contribution is -0.111. The number of aromatic nitrogens is 2. The van der Waals surface area contributed by atoms with Gasteiger partial charge in [-0.3, -0.25) is 4.79 Å². The van der Waals surface area contributed by atoms with Crippen molar-refractivity contribution in [2.75, 3.05) is 53.4 Å². The van der Waals surface area contributed by atoms with E-state index < -0.39 is 0 Å². The second kappa shape index (κ2) is 10.8. The van der Waals surface area contributed by atoms with Gasteiger partial charge in [-0.2, -0.15) is 4.98 Å². The van der Waals surface area contributed by atoms with Crippen LogP contribution < -0.4 is 20.9 Å². The quantitative estimate of drug-likeness (QED) is 0.329. The van der Waals surface area contributed by atoms with Gasteiger partial charge in [0.25, 0.3) is 0 Å². The molecule has 8 nitrogen and oxygen atoms in total. The Labute approximate surface area is 197 Å². The monoisotopic (exact) mass is 462 g/mol. The third-order valence-corrected chi connectivity index (χ3v) is 5.79. The fraction of sp³-hybridized carbons (Fsp3) is 0.208. The van der Waals surface area contributed by atoms with E-state index in [-0.39, 0.29) is 5.91 Å². The van der Waals surface area contributed by atoms with Crippen molar-refractivity contribution in [3.05, 3.63) is 67.4 Å². The molecule has 0 saturated carbocycles. The normalized spacial score (nSPS) is 13.3. The van der Waals surface area contributed by atoms with Gasteiger partial charge in [0.15, 0.2) is 0 Å². The zero-order chi connectivity index (χ0) is 23.0. The third-order valence-electron chi connectivity index (χ3n) is 5.05. The van der Waals surface area contributed by atoms with Gasteiger partial charge in [-0.25, -0.2) is 4.98 Å². The summed E-state index contributed by atoms with van der Waals surface area (Å²) in [7, 11) is 0. The Morgan fingerprint density at radius 2 is 1.85 bits per heavy atom. The van der Waals surface area contributed by atoms with Crippen LogP contribution in [0.15, 0.2) is 72.3 Å². The molecule has 0 spiro atoms. The van der Waals surface area contributed by atoms with Crippen LogP contribution in [-0.4, -0.2) is 48.4 Å². The summed E-state index contributed by atoms with van der Waals surface area (Å²) in [4.78, 5) is 23.9. The van der Waals surface area contributed by atoms with Crippen molar-refractivity contribution in [1.82, 2.24) is 9.97 Å². The first-order chi connectivity index (χ1) is 16.1. The summed E-state index contributed by atoms with van der Waals surface area (Å²) in [6.45, 7) is 6.80. The standard InChI is InChI=1S/C24H26N6O2S/c1-3-22(31)26-18-5-4-6-19(15-18)27-23-21(33-2)16-25-24(29-23)28-17-7-9-20(10-8-17)30-11-13-32-14-12-30/h3-10,15-16H,1,11-14H2,2H3,(H,26,31)(H2,25,27,28,29). The van der Waals surface area contributed by atoms with E-state index in [0.717, 1.165) is 42.6 Å². The van der Waals surface area contributed by atoms with Crippen molar-refractivity contribution in [2.24, 2.45) is 0 Å². The molecule has 2 aromatic carbocycles. The zero-order valence-corrected chi connectivity index (χ0v) is 19.2. The second-order valence-electron chi connectivity index (χ2n) is 7.28. The van der Waals surface area contributed by atoms with Crippen molar-refractivity contribution in [3.63, 3.8) is 0 Å². The van der Waals surface area contributed by atoms with Crippen molar-refractivity contribution in [3.8, 4) is 0 Å². The number of nitrogens with one attached hydrogen (secondary N) is 3. The molecule has 3 aromatic rings. The number of carbonyl (C=O) groups excluding carboxylic acids is 1. The van der Waals surface area contributed by atoms with Crippen LogP contribution in [0.2, 0.25) is 0 Å². The Hall–Kier alpha value is -3.56. The number of amides is 1. The molecule has 2 heterocycles. The molecule has 0 bridgehead atoms. The molecule has 170 valence electrons. The summed E-state index contributed by atoms with van der Waals surface area (Å²) in [6, 6.07) is 15.6. The number of hydrogen-bond acceptors (Lipinski definition) is 8. The molecular weight excluding hydrogens is 436 g/mol. The van der Waals surface area contributed by atoms with E-state index in [1.54, 1.807) is 18.0 Å². The Balaban J connectivity index is 1.48. The number of thioether (sulfide) groups is 1. The molecule has 3 N–H and O–H groups in total. The van der Waals surface area contributed by atoms with Crippen molar-refractivity contribution in [2.45, 2.75) is 4.90 Å². The molecule has 33 heavy (non-hydrogen) atoms. The third kappa shape index (κ3) is 6.03. The predicted molar refractivity (Wildman–Crippen MR) is 135 cm³/mol. The van der Waals surface area contributed by atoms with Gasteiger partial charge in [0.05, 0.1) is 18.1 Å². The van der Waals surface area contributed by atoms with Gasteiger partial charge in [0, 0.05) is 42.0 Å². The molecule has 0 unspecified atom stereocenters. The van der Waals surface area contributed by atoms with Crippen LogP contribution in [0.1, 0.15) is 0 Å². The number of anilines is 6. The lowest BCUT2D eigenvalue weighted by atomic mass is 10.2. The Kier molecular flexibility index (Phi) is 7.43.